The Morgan fingerprint density at radius 3 is 1.25 bits per heavy atom. The molecule has 16 heteroatoms. The largest absolute Gasteiger partial charge is 0.394 e. The molecule has 11 N–H and O–H groups in total. The molecule has 2 aliphatic rings. The number of aliphatic hydroxyl groups excluding tert-OH is 10. The third-order valence-electron chi connectivity index (χ3n) is 14.3. The molecule has 2 aliphatic heterocycles. The van der Waals surface area contributed by atoms with Gasteiger partial charge in [0.25, 0.3) is 0 Å². The lowest BCUT2D eigenvalue weighted by molar-refractivity contribution is -0.368. The fourth-order valence-electron chi connectivity index (χ4n) is 9.55. The number of rotatable bonds is 44. The number of ether oxygens (including phenoxy) is 4. The zero-order chi connectivity index (χ0) is 50.7. The van der Waals surface area contributed by atoms with Gasteiger partial charge in [0.2, 0.25) is 5.91 Å². The minimum Gasteiger partial charge on any atom is -0.394 e. The molecule has 0 aliphatic carbocycles. The molecular formula is C53H103NO15. The van der Waals surface area contributed by atoms with Gasteiger partial charge in [-0.05, 0) is 12.8 Å². The summed E-state index contributed by atoms with van der Waals surface area (Å²) in [5.74, 6) is -0.773. The van der Waals surface area contributed by atoms with E-state index < -0.39 is 111 Å². The zero-order valence-corrected chi connectivity index (χ0v) is 43.1. The first-order valence-electron chi connectivity index (χ1n) is 28.0. The molecule has 16 nitrogen and oxygen atoms in total. The van der Waals surface area contributed by atoms with Crippen molar-refractivity contribution in [2.24, 2.45) is 0 Å². The van der Waals surface area contributed by atoms with Crippen molar-refractivity contribution < 1.29 is 74.8 Å². The highest BCUT2D eigenvalue weighted by atomic mass is 16.8. The summed E-state index contributed by atoms with van der Waals surface area (Å²) >= 11 is 0. The molecule has 0 spiro atoms. The lowest BCUT2D eigenvalue weighted by Crippen LogP contribution is -2.65. The number of aliphatic hydroxyl groups is 10. The van der Waals surface area contributed by atoms with Crippen LogP contribution in [0.25, 0.3) is 0 Å². The fraction of sp³-hybridized carbons (Fsp3) is 0.981. The highest BCUT2D eigenvalue weighted by molar-refractivity contribution is 5.80. The second-order valence-corrected chi connectivity index (χ2v) is 20.4. The van der Waals surface area contributed by atoms with Gasteiger partial charge in [-0.15, -0.1) is 0 Å². The summed E-state index contributed by atoms with van der Waals surface area (Å²) in [6, 6.07) is -1.31. The molecule has 0 saturated carbocycles. The van der Waals surface area contributed by atoms with Gasteiger partial charge in [0.1, 0.15) is 61.0 Å². The van der Waals surface area contributed by atoms with Crippen LogP contribution in [0.2, 0.25) is 0 Å². The van der Waals surface area contributed by atoms with Gasteiger partial charge in [0.15, 0.2) is 12.6 Å². The molecule has 0 radical (unpaired) electrons. The molecule has 2 saturated heterocycles. The molecular weight excluding hydrogens is 891 g/mol. The van der Waals surface area contributed by atoms with Gasteiger partial charge in [-0.1, -0.05) is 213 Å². The molecule has 2 heterocycles. The highest BCUT2D eigenvalue weighted by Gasteiger charge is 2.51. The van der Waals surface area contributed by atoms with Crippen LogP contribution in [-0.2, 0) is 23.7 Å². The molecule has 1 amide bonds. The van der Waals surface area contributed by atoms with Gasteiger partial charge in [0, 0.05) is 0 Å². The molecule has 410 valence electrons. The molecule has 2 rings (SSSR count). The molecule has 0 aromatic rings. The normalized spacial score (nSPS) is 27.0. The van der Waals surface area contributed by atoms with E-state index in [0.29, 0.717) is 12.8 Å². The minimum absolute atomic E-state index is 0.193. The Labute approximate surface area is 416 Å². The van der Waals surface area contributed by atoms with Crippen LogP contribution in [-0.4, -0.2) is 163 Å². The summed E-state index contributed by atoms with van der Waals surface area (Å²) in [5.41, 5.74) is 0. The molecule has 69 heavy (non-hydrogen) atoms. The Hall–Kier alpha value is -1.09. The van der Waals surface area contributed by atoms with Crippen LogP contribution in [0.15, 0.2) is 0 Å². The predicted octanol–water partition coefficient (Wildman–Crippen LogP) is 6.11. The van der Waals surface area contributed by atoms with E-state index in [1.165, 1.54) is 135 Å². The molecule has 14 atom stereocenters. The summed E-state index contributed by atoms with van der Waals surface area (Å²) in [4.78, 5) is 13.4. The smallest absolute Gasteiger partial charge is 0.249 e. The van der Waals surface area contributed by atoms with Crippen molar-refractivity contribution in [1.29, 1.82) is 0 Å². The van der Waals surface area contributed by atoms with Gasteiger partial charge in [-0.3, -0.25) is 4.79 Å². The van der Waals surface area contributed by atoms with E-state index in [-0.39, 0.29) is 12.8 Å². The molecule has 0 aromatic carbocycles. The average molecular weight is 994 g/mol. The van der Waals surface area contributed by atoms with Crippen molar-refractivity contribution in [3.63, 3.8) is 0 Å². The van der Waals surface area contributed by atoms with Crippen molar-refractivity contribution in [3.8, 4) is 0 Å². The van der Waals surface area contributed by atoms with E-state index in [9.17, 15) is 55.9 Å². The maximum absolute atomic E-state index is 13.4. The third kappa shape index (κ3) is 26.6. The summed E-state index contributed by atoms with van der Waals surface area (Å²) < 4.78 is 22.9. The Kier molecular flexibility index (Phi) is 37.4. The maximum atomic E-state index is 13.4. The van der Waals surface area contributed by atoms with E-state index in [1.54, 1.807) is 0 Å². The highest BCUT2D eigenvalue weighted by Crippen LogP contribution is 2.30. The Bertz CT molecular complexity index is 1210. The number of hydrogen-bond acceptors (Lipinski definition) is 15. The maximum Gasteiger partial charge on any atom is 0.249 e. The summed E-state index contributed by atoms with van der Waals surface area (Å²) in [5, 5.41) is 109. The van der Waals surface area contributed by atoms with E-state index >= 15 is 0 Å². The third-order valence-corrected chi connectivity index (χ3v) is 14.3. The number of nitrogens with one attached hydrogen (secondary N) is 1. The van der Waals surface area contributed by atoms with Crippen LogP contribution in [0.1, 0.15) is 226 Å². The van der Waals surface area contributed by atoms with Crippen LogP contribution >= 0.6 is 0 Å². The van der Waals surface area contributed by atoms with Crippen LogP contribution in [0.3, 0.4) is 0 Å². The van der Waals surface area contributed by atoms with Crippen molar-refractivity contribution >= 4 is 5.91 Å². The Morgan fingerprint density at radius 2 is 0.841 bits per heavy atom. The van der Waals surface area contributed by atoms with E-state index in [1.807, 2.05) is 0 Å². The van der Waals surface area contributed by atoms with E-state index in [2.05, 4.69) is 19.2 Å². The molecule has 0 bridgehead atoms. The second kappa shape index (κ2) is 40.3. The van der Waals surface area contributed by atoms with Gasteiger partial charge in [0.05, 0.1) is 32.0 Å². The average Bonchev–Trinajstić information content (AvgIpc) is 3.35. The monoisotopic (exact) mass is 994 g/mol. The van der Waals surface area contributed by atoms with Crippen LogP contribution in [0, 0.1) is 0 Å². The number of unbranched alkanes of at least 4 members (excludes halogenated alkanes) is 29. The standard InChI is InChI=1S/C53H103NO15/c1-3-5-7-9-11-13-15-17-19-20-21-23-25-27-29-31-33-35-41(58)51(65)54-39(44(59)40(57)34-32-30-28-26-24-22-18-16-14-12-10-8-6-4-2)38-66-53-50(48(63)46(61)43(37-56)68-53)69-52-49(64)47(62)45(60)42(36-55)67-52/h39-50,52-53,55-64H,3-38H2,1-2H3,(H,54,65)/t39-,40+,41+,42+,43+,44-,45-,46-,47-,48-,49+,50+,52?,53-/m0/s1. The number of carbonyl (C=O) groups excluding carboxylic acids is 1. The second-order valence-electron chi connectivity index (χ2n) is 20.4. The van der Waals surface area contributed by atoms with Gasteiger partial charge >= 0.3 is 0 Å². The summed E-state index contributed by atoms with van der Waals surface area (Å²) in [7, 11) is 0. The first kappa shape index (κ1) is 64.0. The molecule has 0 aromatic heterocycles. The van der Waals surface area contributed by atoms with E-state index in [4.69, 9.17) is 18.9 Å². The molecule has 1 unspecified atom stereocenters. The zero-order valence-electron chi connectivity index (χ0n) is 43.1. The van der Waals surface area contributed by atoms with Crippen LogP contribution in [0.4, 0.5) is 0 Å². The van der Waals surface area contributed by atoms with Gasteiger partial charge in [-0.2, -0.15) is 0 Å². The number of hydrogen-bond donors (Lipinski definition) is 11. The van der Waals surface area contributed by atoms with Crippen LogP contribution in [0.5, 0.6) is 0 Å². The first-order chi connectivity index (χ1) is 33.4. The van der Waals surface area contributed by atoms with Crippen molar-refractivity contribution in [1.82, 2.24) is 5.32 Å². The van der Waals surface area contributed by atoms with Crippen LogP contribution < -0.4 is 5.32 Å². The lowest BCUT2D eigenvalue weighted by Gasteiger charge is -2.46. The Morgan fingerprint density at radius 1 is 0.478 bits per heavy atom. The number of amides is 1. The predicted molar refractivity (Wildman–Crippen MR) is 266 cm³/mol. The van der Waals surface area contributed by atoms with Crippen molar-refractivity contribution in [2.75, 3.05) is 19.8 Å². The van der Waals surface area contributed by atoms with Crippen molar-refractivity contribution in [3.05, 3.63) is 0 Å². The summed E-state index contributed by atoms with van der Waals surface area (Å²) in [6.45, 7) is 2.41. The number of carbonyl (C=O) groups is 1. The Balaban J connectivity index is 1.93. The quantitative estimate of drug-likeness (QED) is 0.0308. The van der Waals surface area contributed by atoms with Gasteiger partial charge < -0.3 is 75.3 Å². The van der Waals surface area contributed by atoms with Gasteiger partial charge in [-0.25, -0.2) is 0 Å². The van der Waals surface area contributed by atoms with Crippen molar-refractivity contribution in [2.45, 2.75) is 312 Å². The summed E-state index contributed by atoms with van der Waals surface area (Å²) in [6.07, 6.45) is 16.3. The fourth-order valence-corrected chi connectivity index (χ4v) is 9.55. The first-order valence-corrected chi connectivity index (χ1v) is 28.0. The van der Waals surface area contributed by atoms with E-state index in [0.717, 1.165) is 51.4 Å². The SMILES string of the molecule is CCCCCCCCCCCCCCCCCCC[C@@H](O)C(=O)N[C@@H](CO[C@H]1O[C@H](CO)[C@H](O)[C@H](O)[C@H]1OC1O[C@H](CO)[C@H](O)[C@H](O)[C@H]1O)[C@H](O)[C@H](O)CCCCCCCCCCCCCCCC. The molecule has 2 fully saturated rings. The lowest BCUT2D eigenvalue weighted by atomic mass is 9.97. The topological polar surface area (TPSA) is 268 Å². The minimum atomic E-state index is -1.87.